The number of hydrogen-bond acceptors (Lipinski definition) is 3. The Hall–Kier alpha value is -1.75. The first kappa shape index (κ1) is 14.2. The highest BCUT2D eigenvalue weighted by Crippen LogP contribution is 2.36. The average molecular weight is 301 g/mol. The summed E-state index contributed by atoms with van der Waals surface area (Å²) in [5.41, 5.74) is 4.47. The Kier molecular flexibility index (Phi) is 4.01. The monoisotopic (exact) mass is 301 g/mol. The number of carbonyl (C=O) groups is 1. The molecule has 2 heterocycles. The van der Waals surface area contributed by atoms with Crippen LogP contribution >= 0.6 is 11.8 Å². The minimum atomic E-state index is 0.0606. The molecule has 4 nitrogen and oxygen atoms in total. The summed E-state index contributed by atoms with van der Waals surface area (Å²) in [5, 5.41) is 7.74. The van der Waals surface area contributed by atoms with E-state index in [1.807, 2.05) is 35.5 Å². The van der Waals surface area contributed by atoms with Crippen LogP contribution in [0.3, 0.4) is 0 Å². The zero-order valence-corrected chi connectivity index (χ0v) is 13.2. The van der Waals surface area contributed by atoms with Gasteiger partial charge in [-0.25, -0.2) is 4.68 Å². The molecule has 3 rings (SSSR count). The van der Waals surface area contributed by atoms with Crippen LogP contribution in [0.25, 0.3) is 5.69 Å². The SMILES string of the molecule is CCCC(=O)Nc1c2c(nn1-c1ccc(C)cc1)CSC2. The number of anilines is 1. The zero-order chi connectivity index (χ0) is 14.8. The third-order valence-corrected chi connectivity index (χ3v) is 4.54. The van der Waals surface area contributed by atoms with E-state index in [9.17, 15) is 4.79 Å². The van der Waals surface area contributed by atoms with Crippen molar-refractivity contribution in [3.05, 3.63) is 41.1 Å². The van der Waals surface area contributed by atoms with Crippen molar-refractivity contribution in [2.45, 2.75) is 38.2 Å². The first-order valence-corrected chi connectivity index (χ1v) is 8.40. The van der Waals surface area contributed by atoms with Gasteiger partial charge in [0, 0.05) is 23.5 Å². The molecule has 0 fully saturated rings. The minimum absolute atomic E-state index is 0.0606. The van der Waals surface area contributed by atoms with Crippen molar-refractivity contribution in [2.75, 3.05) is 5.32 Å². The van der Waals surface area contributed by atoms with Crippen molar-refractivity contribution in [2.24, 2.45) is 0 Å². The van der Waals surface area contributed by atoms with Crippen molar-refractivity contribution in [3.8, 4) is 5.69 Å². The topological polar surface area (TPSA) is 46.9 Å². The van der Waals surface area contributed by atoms with E-state index < -0.39 is 0 Å². The highest BCUT2D eigenvalue weighted by atomic mass is 32.2. The fourth-order valence-electron chi connectivity index (χ4n) is 2.44. The zero-order valence-electron chi connectivity index (χ0n) is 12.3. The molecule has 5 heteroatoms. The highest BCUT2D eigenvalue weighted by Gasteiger charge is 2.24. The Bertz CT molecular complexity index is 661. The normalized spacial score (nSPS) is 13.2. The molecule has 21 heavy (non-hydrogen) atoms. The maximum atomic E-state index is 12.0. The molecule has 1 aromatic heterocycles. The number of benzene rings is 1. The third-order valence-electron chi connectivity index (χ3n) is 3.57. The summed E-state index contributed by atoms with van der Waals surface area (Å²) in [6.45, 7) is 4.07. The molecule has 0 atom stereocenters. The lowest BCUT2D eigenvalue weighted by Gasteiger charge is -2.11. The van der Waals surface area contributed by atoms with E-state index in [1.54, 1.807) is 0 Å². The smallest absolute Gasteiger partial charge is 0.225 e. The molecule has 1 amide bonds. The van der Waals surface area contributed by atoms with Gasteiger partial charge in [0.05, 0.1) is 11.4 Å². The number of amides is 1. The predicted octanol–water partition coefficient (Wildman–Crippen LogP) is 3.67. The Balaban J connectivity index is 2.00. The van der Waals surface area contributed by atoms with E-state index in [1.165, 1.54) is 11.1 Å². The van der Waals surface area contributed by atoms with Crippen LogP contribution in [0.1, 0.15) is 36.6 Å². The Morgan fingerprint density at radius 2 is 2.10 bits per heavy atom. The van der Waals surface area contributed by atoms with Crippen molar-refractivity contribution in [1.82, 2.24) is 9.78 Å². The first-order chi connectivity index (χ1) is 10.2. The molecule has 0 unspecified atom stereocenters. The van der Waals surface area contributed by atoms with Gasteiger partial charge in [-0.05, 0) is 25.5 Å². The molecule has 1 aromatic carbocycles. The van der Waals surface area contributed by atoms with E-state index in [0.717, 1.165) is 35.1 Å². The molecule has 1 N–H and O–H groups in total. The first-order valence-electron chi connectivity index (χ1n) is 7.24. The lowest BCUT2D eigenvalue weighted by atomic mass is 10.2. The Morgan fingerprint density at radius 3 is 2.81 bits per heavy atom. The van der Waals surface area contributed by atoms with Crippen LogP contribution in [0.15, 0.2) is 24.3 Å². The average Bonchev–Trinajstić information content (AvgIpc) is 3.03. The number of carbonyl (C=O) groups excluding carboxylic acids is 1. The number of thioether (sulfide) groups is 1. The van der Waals surface area contributed by atoms with E-state index >= 15 is 0 Å². The second-order valence-corrected chi connectivity index (χ2v) is 6.30. The summed E-state index contributed by atoms with van der Waals surface area (Å²) >= 11 is 1.84. The summed E-state index contributed by atoms with van der Waals surface area (Å²) in [5.74, 6) is 2.75. The van der Waals surface area contributed by atoms with Gasteiger partial charge < -0.3 is 5.32 Å². The number of hydrogen-bond donors (Lipinski definition) is 1. The number of nitrogens with zero attached hydrogens (tertiary/aromatic N) is 2. The summed E-state index contributed by atoms with van der Waals surface area (Å²) in [6.07, 6.45) is 1.39. The van der Waals surface area contributed by atoms with Gasteiger partial charge in [0.15, 0.2) is 0 Å². The van der Waals surface area contributed by atoms with Crippen LogP contribution < -0.4 is 5.32 Å². The molecule has 0 bridgehead atoms. The summed E-state index contributed by atoms with van der Waals surface area (Å²) in [4.78, 5) is 12.0. The number of aromatic nitrogens is 2. The number of rotatable bonds is 4. The minimum Gasteiger partial charge on any atom is -0.310 e. The largest absolute Gasteiger partial charge is 0.310 e. The molecule has 110 valence electrons. The molecular weight excluding hydrogens is 282 g/mol. The Labute approximate surface area is 128 Å². The van der Waals surface area contributed by atoms with E-state index in [4.69, 9.17) is 0 Å². The van der Waals surface area contributed by atoms with E-state index in [0.29, 0.717) is 6.42 Å². The number of fused-ring (bicyclic) bond motifs is 1. The lowest BCUT2D eigenvalue weighted by Crippen LogP contribution is -2.15. The number of nitrogens with one attached hydrogen (secondary N) is 1. The predicted molar refractivity (Wildman–Crippen MR) is 86.8 cm³/mol. The van der Waals surface area contributed by atoms with Gasteiger partial charge in [-0.3, -0.25) is 4.79 Å². The van der Waals surface area contributed by atoms with Crippen molar-refractivity contribution >= 4 is 23.5 Å². The summed E-state index contributed by atoms with van der Waals surface area (Å²) in [7, 11) is 0. The van der Waals surface area contributed by atoms with Crippen molar-refractivity contribution in [3.63, 3.8) is 0 Å². The van der Waals surface area contributed by atoms with Crippen LogP contribution in [-0.2, 0) is 16.3 Å². The molecule has 2 aromatic rings. The van der Waals surface area contributed by atoms with Crippen molar-refractivity contribution < 1.29 is 4.79 Å². The second kappa shape index (κ2) is 5.93. The third kappa shape index (κ3) is 2.83. The lowest BCUT2D eigenvalue weighted by molar-refractivity contribution is -0.116. The van der Waals surface area contributed by atoms with Crippen LogP contribution in [0.5, 0.6) is 0 Å². The molecule has 1 aliphatic heterocycles. The second-order valence-electron chi connectivity index (χ2n) is 5.31. The van der Waals surface area contributed by atoms with E-state index in [2.05, 4.69) is 29.5 Å². The molecule has 0 saturated heterocycles. The summed E-state index contributed by atoms with van der Waals surface area (Å²) < 4.78 is 1.87. The fraction of sp³-hybridized carbons (Fsp3) is 0.375. The van der Waals surface area contributed by atoms with Gasteiger partial charge >= 0.3 is 0 Å². The standard InChI is InChI=1S/C16H19N3OS/c1-3-4-15(20)17-16-13-9-21-10-14(13)18-19(16)12-7-5-11(2)6-8-12/h5-8H,3-4,9-10H2,1-2H3,(H,17,20). The molecule has 1 aliphatic rings. The van der Waals surface area contributed by atoms with Crippen LogP contribution in [0.2, 0.25) is 0 Å². The maximum absolute atomic E-state index is 12.0. The highest BCUT2D eigenvalue weighted by molar-refractivity contribution is 7.98. The molecular formula is C16H19N3OS. The molecule has 0 saturated carbocycles. The van der Waals surface area contributed by atoms with E-state index in [-0.39, 0.29) is 5.91 Å². The maximum Gasteiger partial charge on any atom is 0.225 e. The molecule has 0 aliphatic carbocycles. The molecule has 0 radical (unpaired) electrons. The van der Waals surface area contributed by atoms with Crippen LogP contribution in [0.4, 0.5) is 5.82 Å². The quantitative estimate of drug-likeness (QED) is 0.937. The fourth-order valence-corrected chi connectivity index (χ4v) is 3.47. The van der Waals surface area contributed by atoms with Gasteiger partial charge in [-0.2, -0.15) is 16.9 Å². The number of aryl methyl sites for hydroxylation is 1. The van der Waals surface area contributed by atoms with Gasteiger partial charge in [0.2, 0.25) is 5.91 Å². The Morgan fingerprint density at radius 1 is 1.33 bits per heavy atom. The molecule has 0 spiro atoms. The van der Waals surface area contributed by atoms with Gasteiger partial charge in [0.25, 0.3) is 0 Å². The van der Waals surface area contributed by atoms with Gasteiger partial charge in [0.1, 0.15) is 5.82 Å². The van der Waals surface area contributed by atoms with Gasteiger partial charge in [-0.15, -0.1) is 0 Å². The van der Waals surface area contributed by atoms with Gasteiger partial charge in [-0.1, -0.05) is 24.6 Å². The van der Waals surface area contributed by atoms with Crippen molar-refractivity contribution in [1.29, 1.82) is 0 Å². The summed E-state index contributed by atoms with van der Waals surface area (Å²) in [6, 6.07) is 8.21. The van der Waals surface area contributed by atoms with Crippen LogP contribution in [0, 0.1) is 6.92 Å². The van der Waals surface area contributed by atoms with Crippen LogP contribution in [-0.4, -0.2) is 15.7 Å².